The zero-order valence-electron chi connectivity index (χ0n) is 16.0. The van der Waals surface area contributed by atoms with Crippen molar-refractivity contribution in [3.63, 3.8) is 0 Å². The van der Waals surface area contributed by atoms with Crippen LogP contribution in [0.25, 0.3) is 0 Å². The molecule has 0 saturated carbocycles. The lowest BCUT2D eigenvalue weighted by molar-refractivity contribution is 0.278. The van der Waals surface area contributed by atoms with E-state index >= 15 is 0 Å². The molecule has 1 nitrogen and oxygen atoms in total. The van der Waals surface area contributed by atoms with Crippen molar-refractivity contribution >= 4 is 0 Å². The number of hydrogen-bond acceptors (Lipinski definition) is 1. The zero-order valence-corrected chi connectivity index (χ0v) is 16.0. The van der Waals surface area contributed by atoms with Gasteiger partial charge in [0.05, 0.1) is 0 Å². The SMILES string of the molecule is CC(C)(C)CC(C)(C)c1cc2c(cc1O)C(C)(C)CC2(C)C. The molecule has 0 aliphatic heterocycles. The Labute approximate surface area is 137 Å². The lowest BCUT2D eigenvalue weighted by Gasteiger charge is -2.34. The molecule has 1 aromatic rings. The summed E-state index contributed by atoms with van der Waals surface area (Å²) in [7, 11) is 0. The van der Waals surface area contributed by atoms with E-state index in [1.165, 1.54) is 11.1 Å². The van der Waals surface area contributed by atoms with Gasteiger partial charge in [0.25, 0.3) is 0 Å². The lowest BCUT2D eigenvalue weighted by atomic mass is 9.71. The topological polar surface area (TPSA) is 20.2 Å². The van der Waals surface area contributed by atoms with E-state index in [4.69, 9.17) is 0 Å². The van der Waals surface area contributed by atoms with Crippen molar-refractivity contribution in [2.45, 2.75) is 91.4 Å². The fourth-order valence-corrected chi connectivity index (χ4v) is 4.97. The van der Waals surface area contributed by atoms with Crippen molar-refractivity contribution in [1.29, 1.82) is 0 Å². The number of benzene rings is 1. The highest BCUT2D eigenvalue weighted by Gasteiger charge is 2.43. The van der Waals surface area contributed by atoms with Crippen LogP contribution in [0.3, 0.4) is 0 Å². The molecule has 0 radical (unpaired) electrons. The highest BCUT2D eigenvalue weighted by molar-refractivity contribution is 5.53. The average Bonchev–Trinajstić information content (AvgIpc) is 2.39. The normalized spacial score (nSPS) is 20.0. The highest BCUT2D eigenvalue weighted by atomic mass is 16.3. The van der Waals surface area contributed by atoms with Crippen LogP contribution in [0.2, 0.25) is 0 Å². The van der Waals surface area contributed by atoms with Crippen molar-refractivity contribution in [3.05, 3.63) is 28.8 Å². The summed E-state index contributed by atoms with van der Waals surface area (Å²) < 4.78 is 0. The van der Waals surface area contributed by atoms with Crippen molar-refractivity contribution in [2.75, 3.05) is 0 Å². The number of phenols is 1. The van der Waals surface area contributed by atoms with E-state index in [1.54, 1.807) is 0 Å². The second kappa shape index (κ2) is 4.76. The monoisotopic (exact) mass is 302 g/mol. The molecule has 0 atom stereocenters. The highest BCUT2D eigenvalue weighted by Crippen LogP contribution is 2.52. The Bertz CT molecular complexity index is 583. The van der Waals surface area contributed by atoms with Gasteiger partial charge in [0.15, 0.2) is 0 Å². The van der Waals surface area contributed by atoms with Gasteiger partial charge in [-0.2, -0.15) is 0 Å². The van der Waals surface area contributed by atoms with Crippen molar-refractivity contribution in [2.24, 2.45) is 5.41 Å². The molecule has 124 valence electrons. The Balaban J connectivity index is 2.58. The van der Waals surface area contributed by atoms with Gasteiger partial charge in [-0.05, 0) is 57.3 Å². The molecule has 22 heavy (non-hydrogen) atoms. The first-order chi connectivity index (χ1) is 9.66. The van der Waals surface area contributed by atoms with Crippen LogP contribution >= 0.6 is 0 Å². The summed E-state index contributed by atoms with van der Waals surface area (Å²) in [5.74, 6) is 0.471. The molecule has 0 unspecified atom stereocenters. The van der Waals surface area contributed by atoms with E-state index in [1.807, 2.05) is 6.07 Å². The van der Waals surface area contributed by atoms with E-state index in [0.717, 1.165) is 18.4 Å². The predicted molar refractivity (Wildman–Crippen MR) is 95.9 cm³/mol. The maximum absolute atomic E-state index is 10.7. The van der Waals surface area contributed by atoms with Gasteiger partial charge in [-0.15, -0.1) is 0 Å². The van der Waals surface area contributed by atoms with Crippen LogP contribution in [0.1, 0.15) is 91.8 Å². The lowest BCUT2D eigenvalue weighted by Crippen LogP contribution is -2.25. The van der Waals surface area contributed by atoms with Crippen molar-refractivity contribution in [3.8, 4) is 5.75 Å². The summed E-state index contributed by atoms with van der Waals surface area (Å²) in [4.78, 5) is 0. The second-order valence-electron chi connectivity index (χ2n) is 10.5. The average molecular weight is 303 g/mol. The van der Waals surface area contributed by atoms with Crippen LogP contribution < -0.4 is 0 Å². The molecule has 2 rings (SSSR count). The van der Waals surface area contributed by atoms with Gasteiger partial charge in [-0.1, -0.05) is 68.4 Å². The molecule has 0 amide bonds. The maximum Gasteiger partial charge on any atom is 0.119 e. The minimum Gasteiger partial charge on any atom is -0.508 e. The molecule has 0 spiro atoms. The van der Waals surface area contributed by atoms with Crippen LogP contribution in [0, 0.1) is 5.41 Å². The summed E-state index contributed by atoms with van der Waals surface area (Å²) in [5.41, 5.74) is 4.39. The molecule has 0 heterocycles. The summed E-state index contributed by atoms with van der Waals surface area (Å²) in [5, 5.41) is 10.7. The standard InChI is InChI=1S/C21H34O/c1-18(2,3)12-19(4,5)16-10-14-15(11-17(16)22)21(8,9)13-20(14,6)7/h10-11,22H,12-13H2,1-9H3. The molecule has 0 saturated heterocycles. The van der Waals surface area contributed by atoms with E-state index < -0.39 is 0 Å². The first-order valence-electron chi connectivity index (χ1n) is 8.54. The molecular formula is C21H34O. The Kier molecular flexibility index (Phi) is 3.76. The Hall–Kier alpha value is -0.980. The van der Waals surface area contributed by atoms with Gasteiger partial charge >= 0.3 is 0 Å². The number of fused-ring (bicyclic) bond motifs is 1. The molecular weight excluding hydrogens is 268 g/mol. The largest absolute Gasteiger partial charge is 0.508 e. The Morgan fingerprint density at radius 2 is 1.36 bits per heavy atom. The molecule has 1 aliphatic rings. The van der Waals surface area contributed by atoms with Gasteiger partial charge in [-0.25, -0.2) is 0 Å². The molecule has 1 aliphatic carbocycles. The summed E-state index contributed by atoms with van der Waals surface area (Å²) in [6.07, 6.45) is 2.19. The number of phenolic OH excluding ortho intramolecular Hbond substituents is 1. The molecule has 1 aromatic carbocycles. The fourth-order valence-electron chi connectivity index (χ4n) is 4.97. The van der Waals surface area contributed by atoms with Gasteiger partial charge in [-0.3, -0.25) is 0 Å². The van der Waals surface area contributed by atoms with Crippen LogP contribution in [0.15, 0.2) is 12.1 Å². The van der Waals surface area contributed by atoms with Gasteiger partial charge in [0.2, 0.25) is 0 Å². The van der Waals surface area contributed by atoms with Crippen molar-refractivity contribution < 1.29 is 5.11 Å². The van der Waals surface area contributed by atoms with Crippen molar-refractivity contribution in [1.82, 2.24) is 0 Å². The van der Waals surface area contributed by atoms with E-state index in [9.17, 15) is 5.11 Å². The summed E-state index contributed by atoms with van der Waals surface area (Å²) in [6.45, 7) is 20.6. The van der Waals surface area contributed by atoms with Crippen LogP contribution in [-0.2, 0) is 16.2 Å². The molecule has 1 N–H and O–H groups in total. The predicted octanol–water partition coefficient (Wildman–Crippen LogP) is 6.06. The van der Waals surface area contributed by atoms with Gasteiger partial charge in [0.1, 0.15) is 5.75 Å². The second-order valence-corrected chi connectivity index (χ2v) is 10.5. The quantitative estimate of drug-likeness (QED) is 0.703. The van der Waals surface area contributed by atoms with E-state index in [0.29, 0.717) is 5.75 Å². The van der Waals surface area contributed by atoms with E-state index in [-0.39, 0.29) is 21.7 Å². The molecule has 0 aromatic heterocycles. The smallest absolute Gasteiger partial charge is 0.119 e. The Morgan fingerprint density at radius 1 is 0.909 bits per heavy atom. The summed E-state index contributed by atoms with van der Waals surface area (Å²) in [6, 6.07) is 4.34. The first kappa shape index (κ1) is 17.4. The number of hydrogen-bond donors (Lipinski definition) is 1. The third-order valence-electron chi connectivity index (χ3n) is 5.18. The minimum absolute atomic E-state index is 0.0276. The third kappa shape index (κ3) is 3.05. The van der Waals surface area contributed by atoms with Gasteiger partial charge in [0, 0.05) is 0 Å². The number of aromatic hydroxyl groups is 1. The minimum atomic E-state index is -0.0276. The maximum atomic E-state index is 10.7. The molecule has 1 heteroatoms. The van der Waals surface area contributed by atoms with Crippen LogP contribution in [-0.4, -0.2) is 5.11 Å². The van der Waals surface area contributed by atoms with E-state index in [2.05, 4.69) is 68.4 Å². The first-order valence-corrected chi connectivity index (χ1v) is 8.54. The summed E-state index contributed by atoms with van der Waals surface area (Å²) >= 11 is 0. The van der Waals surface area contributed by atoms with Crippen LogP contribution in [0.5, 0.6) is 5.75 Å². The zero-order chi connectivity index (χ0) is 17.1. The Morgan fingerprint density at radius 3 is 1.82 bits per heavy atom. The fraction of sp³-hybridized carbons (Fsp3) is 0.714. The molecule has 0 bridgehead atoms. The van der Waals surface area contributed by atoms with Crippen LogP contribution in [0.4, 0.5) is 0 Å². The number of rotatable bonds is 2. The molecule has 0 fully saturated rings. The third-order valence-corrected chi connectivity index (χ3v) is 5.18. The van der Waals surface area contributed by atoms with Gasteiger partial charge < -0.3 is 5.11 Å².